The highest BCUT2D eigenvalue weighted by atomic mass is 16.4. The van der Waals surface area contributed by atoms with Crippen LogP contribution in [-0.4, -0.2) is 51.5 Å². The number of hydrogen-bond acceptors (Lipinski definition) is 4. The van der Waals surface area contributed by atoms with Crippen molar-refractivity contribution in [1.29, 1.82) is 0 Å². The third-order valence-electron chi connectivity index (χ3n) is 3.06. The first-order valence-electron chi connectivity index (χ1n) is 5.94. The summed E-state index contributed by atoms with van der Waals surface area (Å²) in [6.45, 7) is 6.21. The molecule has 3 unspecified atom stereocenters. The minimum atomic E-state index is -1.04. The third-order valence-corrected chi connectivity index (χ3v) is 3.06. The number of nitrogens with zero attached hydrogens (tertiary/aromatic N) is 1. The van der Waals surface area contributed by atoms with Crippen molar-refractivity contribution >= 4 is 17.7 Å². The molecule has 0 spiro atoms. The minimum absolute atomic E-state index is 0.0425. The van der Waals surface area contributed by atoms with Gasteiger partial charge in [-0.1, -0.05) is 13.8 Å². The van der Waals surface area contributed by atoms with Crippen LogP contribution in [0.1, 0.15) is 34.1 Å². The molecule has 0 aliphatic rings. The molecule has 0 bridgehead atoms. The Bertz CT molecular complexity index is 328. The first-order valence-corrected chi connectivity index (χ1v) is 5.94. The van der Waals surface area contributed by atoms with E-state index in [-0.39, 0.29) is 12.3 Å². The lowest BCUT2D eigenvalue weighted by Crippen LogP contribution is -2.51. The van der Waals surface area contributed by atoms with Gasteiger partial charge in [0, 0.05) is 6.54 Å². The normalized spacial score (nSPS) is 16.1. The van der Waals surface area contributed by atoms with Gasteiger partial charge in [0.1, 0.15) is 11.8 Å². The standard InChI is InChI=1S/C12H21NO5/c1-5-10(12(17)18)13(8(3)9(4)14)6-7(2)11(15)16/h7-8,10H,5-6H2,1-4H3,(H,15,16)(H,17,18). The van der Waals surface area contributed by atoms with Crippen molar-refractivity contribution in [2.45, 2.75) is 46.2 Å². The third kappa shape index (κ3) is 4.44. The molecule has 18 heavy (non-hydrogen) atoms. The second-order valence-electron chi connectivity index (χ2n) is 4.48. The van der Waals surface area contributed by atoms with E-state index in [1.807, 2.05) is 0 Å². The molecule has 0 radical (unpaired) electrons. The average molecular weight is 259 g/mol. The summed E-state index contributed by atoms with van der Waals surface area (Å²) in [5, 5.41) is 18.0. The molecule has 0 aromatic rings. The monoisotopic (exact) mass is 259 g/mol. The topological polar surface area (TPSA) is 94.9 Å². The summed E-state index contributed by atoms with van der Waals surface area (Å²) in [6.07, 6.45) is 0.319. The summed E-state index contributed by atoms with van der Waals surface area (Å²) >= 11 is 0. The fourth-order valence-corrected chi connectivity index (χ4v) is 1.73. The lowest BCUT2D eigenvalue weighted by molar-refractivity contribution is -0.149. The van der Waals surface area contributed by atoms with Crippen molar-refractivity contribution in [1.82, 2.24) is 4.90 Å². The predicted molar refractivity (Wildman–Crippen MR) is 65.4 cm³/mol. The van der Waals surface area contributed by atoms with Gasteiger partial charge in [-0.2, -0.15) is 0 Å². The van der Waals surface area contributed by atoms with Gasteiger partial charge in [-0.25, -0.2) is 0 Å². The van der Waals surface area contributed by atoms with E-state index in [0.717, 1.165) is 0 Å². The number of Topliss-reactive ketones (excluding diaryl/α,β-unsaturated/α-hetero) is 1. The molecule has 3 atom stereocenters. The van der Waals surface area contributed by atoms with Crippen molar-refractivity contribution in [2.75, 3.05) is 6.54 Å². The van der Waals surface area contributed by atoms with Crippen LogP contribution in [0.2, 0.25) is 0 Å². The fraction of sp³-hybridized carbons (Fsp3) is 0.750. The van der Waals surface area contributed by atoms with Gasteiger partial charge < -0.3 is 10.2 Å². The van der Waals surface area contributed by atoms with Crippen LogP contribution in [0.5, 0.6) is 0 Å². The maximum absolute atomic E-state index is 11.4. The molecule has 0 aromatic carbocycles. The van der Waals surface area contributed by atoms with Crippen molar-refractivity contribution < 1.29 is 24.6 Å². The molecule has 6 heteroatoms. The number of rotatable bonds is 8. The Labute approximate surface area is 107 Å². The summed E-state index contributed by atoms with van der Waals surface area (Å²) in [5.41, 5.74) is 0. The zero-order valence-electron chi connectivity index (χ0n) is 11.2. The lowest BCUT2D eigenvalue weighted by Gasteiger charge is -2.33. The van der Waals surface area contributed by atoms with E-state index >= 15 is 0 Å². The molecule has 6 nitrogen and oxygen atoms in total. The van der Waals surface area contributed by atoms with Gasteiger partial charge in [-0.05, 0) is 20.3 Å². The maximum atomic E-state index is 11.4. The number of ketones is 1. The number of carboxylic acid groups (broad SMARTS) is 2. The number of hydrogen-bond donors (Lipinski definition) is 2. The number of carbonyl (C=O) groups excluding carboxylic acids is 1. The lowest BCUT2D eigenvalue weighted by atomic mass is 10.0. The fourth-order valence-electron chi connectivity index (χ4n) is 1.73. The number of carboxylic acids is 2. The predicted octanol–water partition coefficient (Wildman–Crippen LogP) is 0.850. The smallest absolute Gasteiger partial charge is 0.320 e. The van der Waals surface area contributed by atoms with Crippen LogP contribution in [0.25, 0.3) is 0 Å². The minimum Gasteiger partial charge on any atom is -0.481 e. The Morgan fingerprint density at radius 2 is 1.61 bits per heavy atom. The molecule has 0 aliphatic heterocycles. The van der Waals surface area contributed by atoms with Crippen LogP contribution in [0.3, 0.4) is 0 Å². The molecule has 0 fully saturated rings. The summed E-state index contributed by atoms with van der Waals surface area (Å²) in [5.74, 6) is -2.94. The van der Waals surface area contributed by atoms with E-state index in [1.165, 1.54) is 18.7 Å². The molecular weight excluding hydrogens is 238 g/mol. The summed E-state index contributed by atoms with van der Waals surface area (Å²) in [6, 6.07) is -1.45. The van der Waals surface area contributed by atoms with Gasteiger partial charge in [-0.15, -0.1) is 0 Å². The summed E-state index contributed by atoms with van der Waals surface area (Å²) < 4.78 is 0. The van der Waals surface area contributed by atoms with Gasteiger partial charge >= 0.3 is 11.9 Å². The van der Waals surface area contributed by atoms with E-state index in [9.17, 15) is 14.4 Å². The molecule has 0 heterocycles. The first kappa shape index (κ1) is 16.6. The second kappa shape index (κ2) is 7.10. The average Bonchev–Trinajstić information content (AvgIpc) is 2.26. The molecule has 104 valence electrons. The molecule has 0 saturated heterocycles. The first-order chi connectivity index (χ1) is 8.22. The van der Waals surface area contributed by atoms with Gasteiger partial charge in [0.15, 0.2) is 0 Å². The van der Waals surface area contributed by atoms with E-state index in [4.69, 9.17) is 10.2 Å². The number of aliphatic carboxylic acids is 2. The Morgan fingerprint density at radius 3 is 1.89 bits per heavy atom. The van der Waals surface area contributed by atoms with E-state index in [2.05, 4.69) is 0 Å². The van der Waals surface area contributed by atoms with Gasteiger partial charge in [0.05, 0.1) is 12.0 Å². The Balaban J connectivity index is 5.09. The molecule has 0 aromatic heterocycles. The SMILES string of the molecule is CCC(C(=O)O)N(CC(C)C(=O)O)C(C)C(C)=O. The van der Waals surface area contributed by atoms with Crippen LogP contribution in [0, 0.1) is 5.92 Å². The van der Waals surface area contributed by atoms with Crippen LogP contribution >= 0.6 is 0 Å². The van der Waals surface area contributed by atoms with E-state index in [1.54, 1.807) is 13.8 Å². The van der Waals surface area contributed by atoms with Crippen molar-refractivity contribution in [3.63, 3.8) is 0 Å². The Kier molecular flexibility index (Phi) is 6.54. The van der Waals surface area contributed by atoms with Crippen molar-refractivity contribution in [3.05, 3.63) is 0 Å². The Morgan fingerprint density at radius 1 is 1.11 bits per heavy atom. The van der Waals surface area contributed by atoms with Crippen LogP contribution in [0.15, 0.2) is 0 Å². The summed E-state index contributed by atoms with van der Waals surface area (Å²) in [4.78, 5) is 34.8. The van der Waals surface area contributed by atoms with Crippen LogP contribution < -0.4 is 0 Å². The molecular formula is C12H21NO5. The highest BCUT2D eigenvalue weighted by Crippen LogP contribution is 2.14. The second-order valence-corrected chi connectivity index (χ2v) is 4.48. The molecule has 0 amide bonds. The van der Waals surface area contributed by atoms with E-state index < -0.39 is 29.9 Å². The molecule has 0 rings (SSSR count). The van der Waals surface area contributed by atoms with Gasteiger partial charge in [0.2, 0.25) is 0 Å². The van der Waals surface area contributed by atoms with Crippen LogP contribution in [0.4, 0.5) is 0 Å². The summed E-state index contributed by atoms with van der Waals surface area (Å²) in [7, 11) is 0. The van der Waals surface area contributed by atoms with Crippen molar-refractivity contribution in [2.24, 2.45) is 5.92 Å². The van der Waals surface area contributed by atoms with Crippen LogP contribution in [-0.2, 0) is 14.4 Å². The van der Waals surface area contributed by atoms with E-state index in [0.29, 0.717) is 6.42 Å². The highest BCUT2D eigenvalue weighted by Gasteiger charge is 2.32. The molecule has 2 N–H and O–H groups in total. The zero-order chi connectivity index (χ0) is 14.5. The molecule has 0 aliphatic carbocycles. The van der Waals surface area contributed by atoms with Gasteiger partial charge in [-0.3, -0.25) is 19.3 Å². The van der Waals surface area contributed by atoms with Gasteiger partial charge in [0.25, 0.3) is 0 Å². The zero-order valence-corrected chi connectivity index (χ0v) is 11.2. The maximum Gasteiger partial charge on any atom is 0.320 e. The quantitative estimate of drug-likeness (QED) is 0.671. The number of carbonyl (C=O) groups is 3. The largest absolute Gasteiger partial charge is 0.481 e. The highest BCUT2D eigenvalue weighted by molar-refractivity contribution is 5.82. The van der Waals surface area contributed by atoms with Crippen molar-refractivity contribution in [3.8, 4) is 0 Å². The molecule has 0 saturated carbocycles. The Hall–Kier alpha value is -1.43.